The number of ether oxygens (including phenoxy) is 2. The lowest BCUT2D eigenvalue weighted by Crippen LogP contribution is -2.32. The van der Waals surface area contributed by atoms with Crippen LogP contribution < -0.4 is 26.0 Å². The third-order valence-corrected chi connectivity index (χ3v) is 6.15. The Morgan fingerprint density at radius 3 is 3.00 bits per heavy atom. The zero-order chi connectivity index (χ0) is 22.2. The quantitative estimate of drug-likeness (QED) is 0.584. The van der Waals surface area contributed by atoms with Gasteiger partial charge in [-0.2, -0.15) is 0 Å². The van der Waals surface area contributed by atoms with Gasteiger partial charge in [-0.05, 0) is 54.6 Å². The number of pyridine rings is 1. The van der Waals surface area contributed by atoms with Gasteiger partial charge in [0.15, 0.2) is 18.2 Å². The largest absolute Gasteiger partial charge is 0.480 e. The molecule has 1 aliphatic carbocycles. The Balaban J connectivity index is 1.12. The molecule has 3 aliphatic rings. The molecular weight excluding hydrogens is 417 g/mol. The maximum absolute atomic E-state index is 14.0. The zero-order valence-corrected chi connectivity index (χ0v) is 17.3. The Morgan fingerprint density at radius 1 is 1.28 bits per heavy atom. The molecule has 3 atom stereocenters. The lowest BCUT2D eigenvalue weighted by atomic mass is 10.0. The van der Waals surface area contributed by atoms with Gasteiger partial charge in [-0.1, -0.05) is 12.1 Å². The van der Waals surface area contributed by atoms with Crippen LogP contribution in [0.25, 0.3) is 0 Å². The molecule has 0 saturated carbocycles. The summed E-state index contributed by atoms with van der Waals surface area (Å²) in [5, 5.41) is 6.00. The van der Waals surface area contributed by atoms with Crippen molar-refractivity contribution in [3.63, 3.8) is 0 Å². The number of nitrogens with two attached hydrogens (primary N) is 1. The molecule has 1 fully saturated rings. The summed E-state index contributed by atoms with van der Waals surface area (Å²) in [6.45, 7) is 1.60. The maximum Gasteiger partial charge on any atom is 0.415 e. The Morgan fingerprint density at radius 2 is 2.16 bits per heavy atom. The Kier molecular flexibility index (Phi) is 5.40. The van der Waals surface area contributed by atoms with Crippen LogP contribution in [0.15, 0.2) is 30.3 Å². The highest BCUT2D eigenvalue weighted by atomic mass is 19.1. The minimum atomic E-state index is -0.478. The van der Waals surface area contributed by atoms with Crippen molar-refractivity contribution in [2.75, 3.05) is 36.5 Å². The first-order valence-electron chi connectivity index (χ1n) is 10.6. The van der Waals surface area contributed by atoms with Gasteiger partial charge in [-0.25, -0.2) is 14.2 Å². The van der Waals surface area contributed by atoms with E-state index < -0.39 is 6.09 Å². The summed E-state index contributed by atoms with van der Waals surface area (Å²) in [5.74, 6) is 0.799. The molecule has 3 heterocycles. The van der Waals surface area contributed by atoms with Gasteiger partial charge in [0.1, 0.15) is 17.7 Å². The fraction of sp³-hybridized carbons (Fsp3) is 0.409. The van der Waals surface area contributed by atoms with Gasteiger partial charge in [0, 0.05) is 12.6 Å². The molecule has 2 aromatic rings. The van der Waals surface area contributed by atoms with E-state index in [2.05, 4.69) is 15.6 Å². The summed E-state index contributed by atoms with van der Waals surface area (Å²) >= 11 is 0. The van der Waals surface area contributed by atoms with E-state index in [1.165, 1.54) is 11.0 Å². The molecule has 32 heavy (non-hydrogen) atoms. The molecule has 2 amide bonds. The minimum Gasteiger partial charge on any atom is -0.480 e. The van der Waals surface area contributed by atoms with Gasteiger partial charge in [0.25, 0.3) is 5.91 Å². The lowest BCUT2D eigenvalue weighted by Gasteiger charge is -2.19. The number of hydrogen-bond acceptors (Lipinski definition) is 7. The second kappa shape index (κ2) is 8.36. The van der Waals surface area contributed by atoms with Crippen LogP contribution in [0.1, 0.15) is 23.6 Å². The molecule has 0 spiro atoms. The predicted octanol–water partition coefficient (Wildman–Crippen LogP) is 1.73. The number of anilines is 2. The average Bonchev–Trinajstić information content (AvgIpc) is 3.31. The van der Waals surface area contributed by atoms with Crippen LogP contribution in [0, 0.1) is 11.7 Å². The Labute approximate surface area is 184 Å². The number of hydrogen-bond donors (Lipinski definition) is 3. The molecule has 1 aromatic carbocycles. The number of nitrogens with zero attached hydrogens (tertiary/aromatic N) is 2. The van der Waals surface area contributed by atoms with Crippen molar-refractivity contribution in [1.29, 1.82) is 0 Å². The number of amides is 2. The highest BCUT2D eigenvalue weighted by Crippen LogP contribution is 2.35. The number of carbonyl (C=O) groups excluding carboxylic acids is 2. The molecule has 10 heteroatoms. The number of fused-ring (bicyclic) bond motifs is 2. The van der Waals surface area contributed by atoms with E-state index in [0.29, 0.717) is 55.4 Å². The van der Waals surface area contributed by atoms with Crippen molar-refractivity contribution in [2.45, 2.75) is 25.0 Å². The van der Waals surface area contributed by atoms with Crippen LogP contribution in [-0.4, -0.2) is 49.3 Å². The molecule has 1 saturated heterocycles. The minimum absolute atomic E-state index is 0.0539. The summed E-state index contributed by atoms with van der Waals surface area (Å²) in [5.41, 5.74) is 7.90. The third-order valence-electron chi connectivity index (χ3n) is 6.15. The summed E-state index contributed by atoms with van der Waals surface area (Å²) in [6.07, 6.45) is 0.475. The second-order valence-electron chi connectivity index (χ2n) is 8.26. The molecule has 1 aromatic heterocycles. The summed E-state index contributed by atoms with van der Waals surface area (Å²) < 4.78 is 24.8. The monoisotopic (exact) mass is 441 g/mol. The van der Waals surface area contributed by atoms with Crippen molar-refractivity contribution >= 4 is 23.6 Å². The lowest BCUT2D eigenvalue weighted by molar-refractivity contribution is -0.118. The Hall–Kier alpha value is -3.24. The number of carbonyl (C=O) groups is 2. The van der Waals surface area contributed by atoms with Crippen molar-refractivity contribution in [1.82, 2.24) is 10.3 Å². The van der Waals surface area contributed by atoms with E-state index in [0.717, 1.165) is 5.56 Å². The van der Waals surface area contributed by atoms with E-state index in [-0.39, 0.29) is 36.4 Å². The van der Waals surface area contributed by atoms with E-state index >= 15 is 0 Å². The van der Waals surface area contributed by atoms with E-state index in [4.69, 9.17) is 15.2 Å². The van der Waals surface area contributed by atoms with Crippen molar-refractivity contribution in [3.8, 4) is 5.75 Å². The maximum atomic E-state index is 14.0. The SMILES string of the molecule is NC1c2cccc(F)c2CC1CNCCC1CN(c2ccc3c(n2)NC(=O)CO3)C(=O)O1. The smallest absolute Gasteiger partial charge is 0.415 e. The van der Waals surface area contributed by atoms with Crippen LogP contribution in [-0.2, 0) is 16.0 Å². The first-order chi connectivity index (χ1) is 15.5. The normalized spacial score (nSPS) is 23.9. The molecule has 0 bridgehead atoms. The molecular formula is C22H24FN5O4. The van der Waals surface area contributed by atoms with E-state index in [9.17, 15) is 14.0 Å². The fourth-order valence-corrected chi connectivity index (χ4v) is 4.46. The number of halogens is 1. The third kappa shape index (κ3) is 3.87. The van der Waals surface area contributed by atoms with Crippen molar-refractivity contribution < 1.29 is 23.5 Å². The molecule has 9 nitrogen and oxygen atoms in total. The summed E-state index contributed by atoms with van der Waals surface area (Å²) in [4.78, 5) is 29.6. The van der Waals surface area contributed by atoms with Crippen molar-refractivity contribution in [3.05, 3.63) is 47.3 Å². The fourth-order valence-electron chi connectivity index (χ4n) is 4.46. The van der Waals surface area contributed by atoms with Crippen LogP contribution in [0.4, 0.5) is 20.8 Å². The first kappa shape index (κ1) is 20.7. The number of benzene rings is 1. The van der Waals surface area contributed by atoms with Gasteiger partial charge >= 0.3 is 6.09 Å². The van der Waals surface area contributed by atoms with Crippen LogP contribution in [0.5, 0.6) is 5.75 Å². The second-order valence-corrected chi connectivity index (χ2v) is 8.26. The van der Waals surface area contributed by atoms with Gasteiger partial charge in [0.05, 0.1) is 6.54 Å². The van der Waals surface area contributed by atoms with Crippen LogP contribution in [0.2, 0.25) is 0 Å². The van der Waals surface area contributed by atoms with Gasteiger partial charge in [0.2, 0.25) is 0 Å². The number of nitrogens with one attached hydrogen (secondary N) is 2. The molecule has 4 N–H and O–H groups in total. The first-order valence-corrected chi connectivity index (χ1v) is 10.6. The van der Waals surface area contributed by atoms with Crippen LogP contribution >= 0.6 is 0 Å². The van der Waals surface area contributed by atoms with Gasteiger partial charge in [-0.15, -0.1) is 0 Å². The molecule has 2 aliphatic heterocycles. The standard InChI is InChI=1S/C22H24FN5O4/c23-16-3-1-2-14-15(16)8-12(20(14)24)9-25-7-6-13-10-28(22(30)32-13)18-5-4-17-21(26-18)27-19(29)11-31-17/h1-5,12-13,20,25H,6-11,24H2,(H,26,27,29). The van der Waals surface area contributed by atoms with E-state index in [1.807, 2.05) is 6.07 Å². The van der Waals surface area contributed by atoms with Gasteiger partial charge in [-0.3, -0.25) is 9.69 Å². The predicted molar refractivity (Wildman–Crippen MR) is 114 cm³/mol. The van der Waals surface area contributed by atoms with E-state index in [1.54, 1.807) is 18.2 Å². The molecule has 168 valence electrons. The average molecular weight is 441 g/mol. The topological polar surface area (TPSA) is 119 Å². The summed E-state index contributed by atoms with van der Waals surface area (Å²) in [6, 6.07) is 8.21. The molecule has 0 radical (unpaired) electrons. The highest BCUT2D eigenvalue weighted by molar-refractivity contribution is 5.95. The molecule has 3 unspecified atom stereocenters. The van der Waals surface area contributed by atoms with Crippen LogP contribution in [0.3, 0.4) is 0 Å². The summed E-state index contributed by atoms with van der Waals surface area (Å²) in [7, 11) is 0. The van der Waals surface area contributed by atoms with Crippen molar-refractivity contribution in [2.24, 2.45) is 11.7 Å². The number of cyclic esters (lactones) is 1. The Bertz CT molecular complexity index is 1060. The van der Waals surface area contributed by atoms with Gasteiger partial charge < -0.3 is 25.8 Å². The molecule has 5 rings (SSSR count). The highest BCUT2D eigenvalue weighted by Gasteiger charge is 2.34. The number of aromatic nitrogens is 1. The number of rotatable bonds is 6. The zero-order valence-electron chi connectivity index (χ0n) is 17.3.